The standard InChI is InChI=1S/C16H21N3O4S/c20-15(13-6-11-24(22,23)12-13)18-7-9-19(10-8-18)16(21)17-14-4-2-1-3-5-14/h1-5,13H,6-12H2,(H,17,21)/t13-/m0/s1. The van der Waals surface area contributed by atoms with E-state index in [-0.39, 0.29) is 23.4 Å². The number of rotatable bonds is 2. The molecule has 0 bridgehead atoms. The Morgan fingerprint density at radius 3 is 2.21 bits per heavy atom. The Labute approximate surface area is 141 Å². The van der Waals surface area contributed by atoms with Gasteiger partial charge in [0.05, 0.1) is 17.4 Å². The lowest BCUT2D eigenvalue weighted by Crippen LogP contribution is -2.53. The van der Waals surface area contributed by atoms with E-state index in [2.05, 4.69) is 5.32 Å². The molecule has 0 saturated carbocycles. The van der Waals surface area contributed by atoms with Gasteiger partial charge in [-0.3, -0.25) is 4.79 Å². The van der Waals surface area contributed by atoms with E-state index >= 15 is 0 Å². The van der Waals surface area contributed by atoms with Crippen LogP contribution < -0.4 is 5.32 Å². The molecule has 0 radical (unpaired) electrons. The zero-order chi connectivity index (χ0) is 17.2. The fraction of sp³-hybridized carbons (Fsp3) is 0.500. The molecule has 1 aromatic carbocycles. The van der Waals surface area contributed by atoms with Crippen LogP contribution in [0.5, 0.6) is 0 Å². The quantitative estimate of drug-likeness (QED) is 0.854. The number of sulfone groups is 1. The zero-order valence-electron chi connectivity index (χ0n) is 13.3. The molecule has 24 heavy (non-hydrogen) atoms. The van der Waals surface area contributed by atoms with Gasteiger partial charge in [0, 0.05) is 31.9 Å². The molecule has 8 heteroatoms. The summed E-state index contributed by atoms with van der Waals surface area (Å²) < 4.78 is 23.0. The fourth-order valence-corrected chi connectivity index (χ4v) is 4.83. The number of hydrogen-bond donors (Lipinski definition) is 1. The van der Waals surface area contributed by atoms with Crippen molar-refractivity contribution in [1.29, 1.82) is 0 Å². The maximum atomic E-state index is 12.4. The van der Waals surface area contributed by atoms with Gasteiger partial charge in [0.15, 0.2) is 9.84 Å². The predicted molar refractivity (Wildman–Crippen MR) is 90.4 cm³/mol. The third-order valence-electron chi connectivity index (χ3n) is 4.49. The summed E-state index contributed by atoms with van der Waals surface area (Å²) in [5.74, 6) is -0.456. The molecule has 0 unspecified atom stereocenters. The highest BCUT2D eigenvalue weighted by Gasteiger charge is 2.36. The minimum Gasteiger partial charge on any atom is -0.339 e. The molecule has 7 nitrogen and oxygen atoms in total. The van der Waals surface area contributed by atoms with Crippen LogP contribution in [-0.4, -0.2) is 67.8 Å². The highest BCUT2D eigenvalue weighted by molar-refractivity contribution is 7.91. The predicted octanol–water partition coefficient (Wildman–Crippen LogP) is 0.797. The Morgan fingerprint density at radius 1 is 1.00 bits per heavy atom. The Kier molecular flexibility index (Phi) is 4.75. The van der Waals surface area contributed by atoms with Gasteiger partial charge in [-0.25, -0.2) is 13.2 Å². The van der Waals surface area contributed by atoms with Gasteiger partial charge in [-0.15, -0.1) is 0 Å². The summed E-state index contributed by atoms with van der Waals surface area (Å²) in [6, 6.07) is 9.03. The number of amides is 3. The van der Waals surface area contributed by atoms with E-state index in [4.69, 9.17) is 0 Å². The molecule has 0 aromatic heterocycles. The van der Waals surface area contributed by atoms with Gasteiger partial charge in [0.1, 0.15) is 0 Å². The van der Waals surface area contributed by atoms with Crippen molar-refractivity contribution in [3.63, 3.8) is 0 Å². The summed E-state index contributed by atoms with van der Waals surface area (Å²) >= 11 is 0. The third kappa shape index (κ3) is 3.87. The number of hydrogen-bond acceptors (Lipinski definition) is 4. The molecule has 2 saturated heterocycles. The van der Waals surface area contributed by atoms with Crippen LogP contribution in [0.3, 0.4) is 0 Å². The van der Waals surface area contributed by atoms with Crippen molar-refractivity contribution >= 4 is 27.5 Å². The highest BCUT2D eigenvalue weighted by Crippen LogP contribution is 2.21. The fourth-order valence-electron chi connectivity index (χ4n) is 3.10. The number of anilines is 1. The highest BCUT2D eigenvalue weighted by atomic mass is 32.2. The van der Waals surface area contributed by atoms with Crippen LogP contribution in [0.2, 0.25) is 0 Å². The molecule has 2 heterocycles. The molecule has 2 aliphatic heterocycles. The first kappa shape index (κ1) is 16.8. The molecule has 1 N–H and O–H groups in total. The van der Waals surface area contributed by atoms with Gasteiger partial charge >= 0.3 is 6.03 Å². The zero-order valence-corrected chi connectivity index (χ0v) is 14.2. The lowest BCUT2D eigenvalue weighted by molar-refractivity contribution is -0.136. The molecule has 3 rings (SSSR count). The van der Waals surface area contributed by atoms with E-state index in [0.29, 0.717) is 32.6 Å². The minimum atomic E-state index is -3.06. The van der Waals surface area contributed by atoms with Crippen molar-refractivity contribution in [3.8, 4) is 0 Å². The van der Waals surface area contributed by atoms with Gasteiger partial charge < -0.3 is 15.1 Å². The van der Waals surface area contributed by atoms with Crippen LogP contribution >= 0.6 is 0 Å². The summed E-state index contributed by atoms with van der Waals surface area (Å²) in [5.41, 5.74) is 0.733. The number of nitrogens with one attached hydrogen (secondary N) is 1. The molecule has 3 amide bonds. The molecule has 2 aliphatic rings. The third-order valence-corrected chi connectivity index (χ3v) is 6.25. The van der Waals surface area contributed by atoms with Crippen LogP contribution in [-0.2, 0) is 14.6 Å². The second-order valence-electron chi connectivity index (χ2n) is 6.21. The molecular formula is C16H21N3O4S. The summed E-state index contributed by atoms with van der Waals surface area (Å²) in [5, 5.41) is 2.83. The first-order valence-corrected chi connectivity index (χ1v) is 9.87. The lowest BCUT2D eigenvalue weighted by Gasteiger charge is -2.35. The van der Waals surface area contributed by atoms with Gasteiger partial charge in [-0.05, 0) is 18.6 Å². The number of urea groups is 1. The maximum absolute atomic E-state index is 12.4. The van der Waals surface area contributed by atoms with E-state index in [0.717, 1.165) is 5.69 Å². The number of carbonyl (C=O) groups excluding carboxylic acids is 2. The molecule has 1 atom stereocenters. The molecule has 130 valence electrons. The van der Waals surface area contributed by atoms with Gasteiger partial charge in [-0.1, -0.05) is 18.2 Å². The maximum Gasteiger partial charge on any atom is 0.321 e. The van der Waals surface area contributed by atoms with Crippen LogP contribution in [0.25, 0.3) is 0 Å². The molecule has 0 aliphatic carbocycles. The van der Waals surface area contributed by atoms with E-state index < -0.39 is 15.8 Å². The minimum absolute atomic E-state index is 0.0411. The first-order valence-electron chi connectivity index (χ1n) is 8.05. The van der Waals surface area contributed by atoms with Crippen molar-refractivity contribution < 1.29 is 18.0 Å². The molecule has 1 aromatic rings. The Hall–Kier alpha value is -2.09. The molecule has 2 fully saturated rings. The topological polar surface area (TPSA) is 86.8 Å². The van der Waals surface area contributed by atoms with Crippen molar-refractivity contribution in [1.82, 2.24) is 9.80 Å². The van der Waals surface area contributed by atoms with Gasteiger partial charge in [-0.2, -0.15) is 0 Å². The smallest absolute Gasteiger partial charge is 0.321 e. The first-order chi connectivity index (χ1) is 11.4. The van der Waals surface area contributed by atoms with E-state index in [1.807, 2.05) is 30.3 Å². The average molecular weight is 351 g/mol. The number of benzene rings is 1. The second-order valence-corrected chi connectivity index (χ2v) is 8.44. The van der Waals surface area contributed by atoms with E-state index in [9.17, 15) is 18.0 Å². The van der Waals surface area contributed by atoms with Crippen LogP contribution in [0.4, 0.5) is 10.5 Å². The summed E-state index contributed by atoms with van der Waals surface area (Å²) in [7, 11) is -3.06. The number of carbonyl (C=O) groups is 2. The lowest BCUT2D eigenvalue weighted by atomic mass is 10.1. The molecule has 0 spiro atoms. The summed E-state index contributed by atoms with van der Waals surface area (Å²) in [4.78, 5) is 28.0. The second kappa shape index (κ2) is 6.80. The monoisotopic (exact) mass is 351 g/mol. The largest absolute Gasteiger partial charge is 0.339 e. The summed E-state index contributed by atoms with van der Waals surface area (Å²) in [6.07, 6.45) is 0.413. The normalized spacial score (nSPS) is 23.1. The number of piperazine rings is 1. The average Bonchev–Trinajstić information content (AvgIpc) is 2.95. The van der Waals surface area contributed by atoms with E-state index in [1.165, 1.54) is 0 Å². The summed E-state index contributed by atoms with van der Waals surface area (Å²) in [6.45, 7) is 1.78. The van der Waals surface area contributed by atoms with Crippen molar-refractivity contribution in [2.45, 2.75) is 6.42 Å². The van der Waals surface area contributed by atoms with Crippen LogP contribution in [0.1, 0.15) is 6.42 Å². The van der Waals surface area contributed by atoms with Gasteiger partial charge in [0.2, 0.25) is 5.91 Å². The van der Waals surface area contributed by atoms with Gasteiger partial charge in [0.25, 0.3) is 0 Å². The van der Waals surface area contributed by atoms with Crippen LogP contribution in [0, 0.1) is 5.92 Å². The van der Waals surface area contributed by atoms with Crippen LogP contribution in [0.15, 0.2) is 30.3 Å². The Balaban J connectivity index is 1.50. The van der Waals surface area contributed by atoms with Crippen molar-refractivity contribution in [2.24, 2.45) is 5.92 Å². The number of para-hydroxylation sites is 1. The van der Waals surface area contributed by atoms with E-state index in [1.54, 1.807) is 9.80 Å². The van der Waals surface area contributed by atoms with Crippen molar-refractivity contribution in [2.75, 3.05) is 43.0 Å². The van der Waals surface area contributed by atoms with Crippen molar-refractivity contribution in [3.05, 3.63) is 30.3 Å². The number of nitrogens with zero attached hydrogens (tertiary/aromatic N) is 2. The SMILES string of the molecule is O=C(Nc1ccccc1)N1CCN(C(=O)[C@H]2CCS(=O)(=O)C2)CC1. The molecular weight excluding hydrogens is 330 g/mol. The Morgan fingerprint density at radius 2 is 1.62 bits per heavy atom. The Bertz CT molecular complexity index is 712.